The standard InChI is InChI=1S/C26H29ClN6/c1-2-32-10-12-33(13-11-32)17-19-6-8-21(9-7-19)24-15-23-25(29-18-30-26(23)31-24)28-16-20-4-3-5-22(27)14-20/h3-9,14-15,18H,2,10-13,16-17H2,1H3,(H2,28,29,30,31). The third-order valence-corrected chi connectivity index (χ3v) is 6.59. The molecule has 7 heteroatoms. The molecule has 0 saturated carbocycles. The van der Waals surface area contributed by atoms with Crippen molar-refractivity contribution in [2.45, 2.75) is 20.0 Å². The van der Waals surface area contributed by atoms with Crippen LogP contribution in [0.25, 0.3) is 22.3 Å². The first-order valence-corrected chi connectivity index (χ1v) is 11.9. The number of nitrogens with one attached hydrogen (secondary N) is 2. The average Bonchev–Trinajstić information content (AvgIpc) is 3.29. The number of anilines is 1. The number of aromatic amines is 1. The van der Waals surface area contributed by atoms with E-state index < -0.39 is 0 Å². The zero-order valence-electron chi connectivity index (χ0n) is 18.9. The number of halogens is 1. The van der Waals surface area contributed by atoms with Crippen LogP contribution in [0.3, 0.4) is 0 Å². The number of piperazine rings is 1. The molecule has 2 aromatic heterocycles. The second-order valence-electron chi connectivity index (χ2n) is 8.56. The SMILES string of the molecule is CCN1CCN(Cc2ccc(-c3cc4c(NCc5cccc(Cl)c5)ncnc4[nH]3)cc2)CC1. The van der Waals surface area contributed by atoms with Gasteiger partial charge in [0, 0.05) is 50.0 Å². The van der Waals surface area contributed by atoms with Crippen LogP contribution in [0, 0.1) is 0 Å². The molecule has 5 rings (SSSR count). The molecule has 2 N–H and O–H groups in total. The predicted octanol–water partition coefficient (Wildman–Crippen LogP) is 5.03. The minimum absolute atomic E-state index is 0.647. The smallest absolute Gasteiger partial charge is 0.143 e. The van der Waals surface area contributed by atoms with Crippen LogP contribution < -0.4 is 5.32 Å². The van der Waals surface area contributed by atoms with Gasteiger partial charge < -0.3 is 15.2 Å². The average molecular weight is 461 g/mol. The third kappa shape index (κ3) is 5.19. The first kappa shape index (κ1) is 21.9. The number of hydrogen-bond acceptors (Lipinski definition) is 5. The predicted molar refractivity (Wildman–Crippen MR) is 135 cm³/mol. The zero-order valence-corrected chi connectivity index (χ0v) is 19.6. The molecular formula is C26H29ClN6. The maximum atomic E-state index is 6.11. The van der Waals surface area contributed by atoms with E-state index in [4.69, 9.17) is 11.6 Å². The summed E-state index contributed by atoms with van der Waals surface area (Å²) < 4.78 is 0. The van der Waals surface area contributed by atoms with Gasteiger partial charge in [-0.15, -0.1) is 0 Å². The van der Waals surface area contributed by atoms with Gasteiger partial charge in [-0.1, -0.05) is 54.9 Å². The number of nitrogens with zero attached hydrogens (tertiary/aromatic N) is 4. The summed E-state index contributed by atoms with van der Waals surface area (Å²) in [6, 6.07) is 18.8. The summed E-state index contributed by atoms with van der Waals surface area (Å²) in [5, 5.41) is 5.13. The van der Waals surface area contributed by atoms with Crippen molar-refractivity contribution in [2.75, 3.05) is 38.0 Å². The molecule has 3 heterocycles. The summed E-state index contributed by atoms with van der Waals surface area (Å²) in [5.74, 6) is 0.810. The fraction of sp³-hybridized carbons (Fsp3) is 0.308. The summed E-state index contributed by atoms with van der Waals surface area (Å²) in [6.45, 7) is 9.65. The molecule has 0 bridgehead atoms. The van der Waals surface area contributed by atoms with E-state index in [1.807, 2.05) is 24.3 Å². The van der Waals surface area contributed by atoms with Gasteiger partial charge in [0.1, 0.15) is 17.8 Å². The normalized spacial score (nSPS) is 15.2. The largest absolute Gasteiger partial charge is 0.365 e. The van der Waals surface area contributed by atoms with Crippen molar-refractivity contribution in [1.29, 1.82) is 0 Å². The minimum atomic E-state index is 0.647. The van der Waals surface area contributed by atoms with Crippen molar-refractivity contribution in [3.8, 4) is 11.3 Å². The highest BCUT2D eigenvalue weighted by Crippen LogP contribution is 2.27. The lowest BCUT2D eigenvalue weighted by Gasteiger charge is -2.34. The maximum Gasteiger partial charge on any atom is 0.143 e. The monoisotopic (exact) mass is 460 g/mol. The van der Waals surface area contributed by atoms with Crippen molar-refractivity contribution in [3.05, 3.63) is 77.1 Å². The van der Waals surface area contributed by atoms with Crippen molar-refractivity contribution in [2.24, 2.45) is 0 Å². The van der Waals surface area contributed by atoms with Crippen LogP contribution in [0.5, 0.6) is 0 Å². The number of fused-ring (bicyclic) bond motifs is 1. The van der Waals surface area contributed by atoms with E-state index in [0.29, 0.717) is 6.54 Å². The van der Waals surface area contributed by atoms with E-state index >= 15 is 0 Å². The van der Waals surface area contributed by atoms with Gasteiger partial charge in [0.25, 0.3) is 0 Å². The first-order valence-electron chi connectivity index (χ1n) is 11.5. The second kappa shape index (κ2) is 9.91. The lowest BCUT2D eigenvalue weighted by Crippen LogP contribution is -2.45. The molecule has 0 radical (unpaired) electrons. The summed E-state index contributed by atoms with van der Waals surface area (Å²) in [5.41, 5.74) is 5.47. The maximum absolute atomic E-state index is 6.11. The second-order valence-corrected chi connectivity index (χ2v) is 8.99. The number of benzene rings is 2. The summed E-state index contributed by atoms with van der Waals surface area (Å²) in [6.07, 6.45) is 1.59. The fourth-order valence-electron chi connectivity index (χ4n) is 4.38. The quantitative estimate of drug-likeness (QED) is 0.405. The first-order chi connectivity index (χ1) is 16.2. The van der Waals surface area contributed by atoms with E-state index in [-0.39, 0.29) is 0 Å². The highest BCUT2D eigenvalue weighted by atomic mass is 35.5. The number of aromatic nitrogens is 3. The van der Waals surface area contributed by atoms with Crippen molar-refractivity contribution in [1.82, 2.24) is 24.8 Å². The van der Waals surface area contributed by atoms with Crippen molar-refractivity contribution < 1.29 is 0 Å². The molecule has 0 aliphatic carbocycles. The van der Waals surface area contributed by atoms with E-state index in [9.17, 15) is 0 Å². The van der Waals surface area contributed by atoms with Crippen LogP contribution in [0.15, 0.2) is 60.9 Å². The van der Waals surface area contributed by atoms with Crippen LogP contribution in [-0.2, 0) is 13.1 Å². The minimum Gasteiger partial charge on any atom is -0.365 e. The summed E-state index contributed by atoms with van der Waals surface area (Å²) in [7, 11) is 0. The Morgan fingerprint density at radius 2 is 1.73 bits per heavy atom. The van der Waals surface area contributed by atoms with E-state index in [0.717, 1.165) is 64.9 Å². The number of hydrogen-bond donors (Lipinski definition) is 2. The number of H-pyrrole nitrogens is 1. The van der Waals surface area contributed by atoms with Gasteiger partial charge in [0.2, 0.25) is 0 Å². The van der Waals surface area contributed by atoms with Crippen molar-refractivity contribution in [3.63, 3.8) is 0 Å². The Balaban J connectivity index is 1.28. The zero-order chi connectivity index (χ0) is 22.6. The fourth-order valence-corrected chi connectivity index (χ4v) is 4.59. The Morgan fingerprint density at radius 1 is 0.939 bits per heavy atom. The molecule has 4 aromatic rings. The van der Waals surface area contributed by atoms with E-state index in [1.165, 1.54) is 18.7 Å². The molecule has 1 aliphatic heterocycles. The van der Waals surface area contributed by atoms with Crippen LogP contribution in [0.2, 0.25) is 5.02 Å². The van der Waals surface area contributed by atoms with E-state index in [2.05, 4.69) is 67.3 Å². The molecule has 2 aromatic carbocycles. The number of rotatable bonds is 7. The Hall–Kier alpha value is -2.93. The Labute approximate surface area is 199 Å². The molecule has 1 saturated heterocycles. The van der Waals surface area contributed by atoms with Crippen molar-refractivity contribution >= 4 is 28.5 Å². The van der Waals surface area contributed by atoms with Crippen LogP contribution in [-0.4, -0.2) is 57.5 Å². The topological polar surface area (TPSA) is 60.1 Å². The summed E-state index contributed by atoms with van der Waals surface area (Å²) in [4.78, 5) is 17.4. The Kier molecular flexibility index (Phi) is 6.58. The Morgan fingerprint density at radius 3 is 2.48 bits per heavy atom. The van der Waals surface area contributed by atoms with Gasteiger partial charge in [0.05, 0.1) is 5.39 Å². The van der Waals surface area contributed by atoms with Gasteiger partial charge in [-0.05, 0) is 41.4 Å². The van der Waals surface area contributed by atoms with Crippen LogP contribution >= 0.6 is 11.6 Å². The molecule has 1 fully saturated rings. The Bertz CT molecular complexity index is 1210. The highest BCUT2D eigenvalue weighted by Gasteiger charge is 2.15. The van der Waals surface area contributed by atoms with Gasteiger partial charge in [-0.3, -0.25) is 4.90 Å². The molecule has 0 atom stereocenters. The summed E-state index contributed by atoms with van der Waals surface area (Å²) >= 11 is 6.11. The molecule has 6 nitrogen and oxygen atoms in total. The third-order valence-electron chi connectivity index (χ3n) is 6.36. The van der Waals surface area contributed by atoms with Gasteiger partial charge >= 0.3 is 0 Å². The molecule has 170 valence electrons. The molecular weight excluding hydrogens is 432 g/mol. The molecule has 1 aliphatic rings. The highest BCUT2D eigenvalue weighted by molar-refractivity contribution is 6.30. The van der Waals surface area contributed by atoms with Gasteiger partial charge in [0.15, 0.2) is 0 Å². The van der Waals surface area contributed by atoms with Crippen LogP contribution in [0.1, 0.15) is 18.1 Å². The van der Waals surface area contributed by atoms with Gasteiger partial charge in [-0.2, -0.15) is 0 Å². The number of likely N-dealkylation sites (N-methyl/N-ethyl adjacent to an activating group) is 1. The lowest BCUT2D eigenvalue weighted by molar-refractivity contribution is 0.132. The molecule has 0 unspecified atom stereocenters. The van der Waals surface area contributed by atoms with E-state index in [1.54, 1.807) is 6.33 Å². The lowest BCUT2D eigenvalue weighted by atomic mass is 10.1. The van der Waals surface area contributed by atoms with Crippen LogP contribution in [0.4, 0.5) is 5.82 Å². The molecule has 0 spiro atoms. The molecule has 33 heavy (non-hydrogen) atoms. The molecule has 0 amide bonds. The van der Waals surface area contributed by atoms with Gasteiger partial charge in [-0.25, -0.2) is 9.97 Å².